The summed E-state index contributed by atoms with van der Waals surface area (Å²) in [5.41, 5.74) is 1.51. The standard InChI is InChI=1S/C18H20N6O2/c1-13(2)24-17(21-22-23-24)12-26-16-7-5-15(6-8-16)18(25)20-11-14-4-3-9-19-10-14/h3-10,13H,11-12H2,1-2H3,(H,20,25). The Kier molecular flexibility index (Phi) is 5.52. The number of rotatable bonds is 7. The van der Waals surface area contributed by atoms with Crippen molar-refractivity contribution < 1.29 is 9.53 Å². The van der Waals surface area contributed by atoms with Gasteiger partial charge in [-0.1, -0.05) is 6.07 Å². The summed E-state index contributed by atoms with van der Waals surface area (Å²) >= 11 is 0. The van der Waals surface area contributed by atoms with Crippen molar-refractivity contribution in [2.45, 2.75) is 33.0 Å². The molecule has 0 aliphatic heterocycles. The van der Waals surface area contributed by atoms with Gasteiger partial charge in [0.1, 0.15) is 12.4 Å². The first-order valence-corrected chi connectivity index (χ1v) is 8.30. The molecule has 0 spiro atoms. The van der Waals surface area contributed by atoms with Crippen molar-refractivity contribution in [2.75, 3.05) is 0 Å². The first-order chi connectivity index (χ1) is 12.6. The van der Waals surface area contributed by atoms with E-state index in [9.17, 15) is 4.79 Å². The summed E-state index contributed by atoms with van der Waals surface area (Å²) in [5, 5.41) is 14.4. The van der Waals surface area contributed by atoms with E-state index in [-0.39, 0.29) is 18.6 Å². The van der Waals surface area contributed by atoms with Crippen LogP contribution in [-0.4, -0.2) is 31.1 Å². The van der Waals surface area contributed by atoms with E-state index in [0.717, 1.165) is 5.56 Å². The van der Waals surface area contributed by atoms with Crippen LogP contribution in [0.1, 0.15) is 41.6 Å². The van der Waals surface area contributed by atoms with Gasteiger partial charge in [0.2, 0.25) is 0 Å². The molecule has 0 saturated heterocycles. The van der Waals surface area contributed by atoms with E-state index in [0.29, 0.717) is 23.7 Å². The average Bonchev–Trinajstić information content (AvgIpc) is 3.15. The zero-order chi connectivity index (χ0) is 18.4. The molecule has 0 atom stereocenters. The number of aromatic nitrogens is 5. The molecule has 134 valence electrons. The number of hydrogen-bond acceptors (Lipinski definition) is 6. The first kappa shape index (κ1) is 17.5. The maximum atomic E-state index is 12.2. The zero-order valence-corrected chi connectivity index (χ0v) is 14.7. The Morgan fingerprint density at radius 1 is 1.23 bits per heavy atom. The van der Waals surface area contributed by atoms with E-state index in [1.54, 1.807) is 41.3 Å². The van der Waals surface area contributed by atoms with Gasteiger partial charge in [-0.2, -0.15) is 0 Å². The molecule has 0 saturated carbocycles. The first-order valence-electron chi connectivity index (χ1n) is 8.30. The number of ether oxygens (including phenoxy) is 1. The Bertz CT molecular complexity index is 846. The van der Waals surface area contributed by atoms with Gasteiger partial charge in [-0.05, 0) is 60.2 Å². The number of benzene rings is 1. The van der Waals surface area contributed by atoms with Crippen LogP contribution in [0, 0.1) is 0 Å². The van der Waals surface area contributed by atoms with Crippen LogP contribution < -0.4 is 10.1 Å². The van der Waals surface area contributed by atoms with Gasteiger partial charge in [-0.25, -0.2) is 4.68 Å². The van der Waals surface area contributed by atoms with Crippen molar-refractivity contribution in [3.8, 4) is 5.75 Å². The maximum absolute atomic E-state index is 12.2. The third kappa shape index (κ3) is 4.41. The van der Waals surface area contributed by atoms with Crippen LogP contribution in [-0.2, 0) is 13.2 Å². The summed E-state index contributed by atoms with van der Waals surface area (Å²) < 4.78 is 7.41. The van der Waals surface area contributed by atoms with Crippen molar-refractivity contribution in [1.82, 2.24) is 30.5 Å². The molecule has 3 aromatic rings. The second kappa shape index (κ2) is 8.19. The smallest absolute Gasteiger partial charge is 0.251 e. The third-order valence-corrected chi connectivity index (χ3v) is 3.71. The Morgan fingerprint density at radius 3 is 2.73 bits per heavy atom. The molecule has 0 fully saturated rings. The van der Waals surface area contributed by atoms with Gasteiger partial charge in [0.15, 0.2) is 5.82 Å². The summed E-state index contributed by atoms with van der Waals surface area (Å²) in [6.07, 6.45) is 3.42. The lowest BCUT2D eigenvalue weighted by Gasteiger charge is -2.10. The quantitative estimate of drug-likeness (QED) is 0.700. The molecule has 0 unspecified atom stereocenters. The molecular formula is C18H20N6O2. The molecule has 2 heterocycles. The van der Waals surface area contributed by atoms with E-state index < -0.39 is 0 Å². The number of nitrogens with one attached hydrogen (secondary N) is 1. The van der Waals surface area contributed by atoms with E-state index in [1.165, 1.54) is 0 Å². The van der Waals surface area contributed by atoms with Gasteiger partial charge in [0, 0.05) is 24.5 Å². The Balaban J connectivity index is 1.54. The predicted octanol–water partition coefficient (Wildman–Crippen LogP) is 2.16. The molecule has 0 bridgehead atoms. The molecule has 0 radical (unpaired) electrons. The van der Waals surface area contributed by atoms with E-state index in [1.807, 2.05) is 26.0 Å². The monoisotopic (exact) mass is 352 g/mol. The second-order valence-corrected chi connectivity index (χ2v) is 5.99. The Labute approximate surface area is 151 Å². The van der Waals surface area contributed by atoms with Crippen molar-refractivity contribution in [2.24, 2.45) is 0 Å². The minimum Gasteiger partial charge on any atom is -0.486 e. The summed E-state index contributed by atoms with van der Waals surface area (Å²) in [6.45, 7) is 4.69. The highest BCUT2D eigenvalue weighted by molar-refractivity contribution is 5.94. The van der Waals surface area contributed by atoms with Crippen LogP contribution in [0.2, 0.25) is 0 Å². The van der Waals surface area contributed by atoms with Gasteiger partial charge >= 0.3 is 0 Å². The normalized spacial score (nSPS) is 10.7. The number of pyridine rings is 1. The largest absolute Gasteiger partial charge is 0.486 e. The number of nitrogens with zero attached hydrogens (tertiary/aromatic N) is 5. The molecule has 0 aliphatic carbocycles. The maximum Gasteiger partial charge on any atom is 0.251 e. The van der Waals surface area contributed by atoms with Crippen LogP contribution in [0.3, 0.4) is 0 Å². The SMILES string of the molecule is CC(C)n1nnnc1COc1ccc(C(=O)NCc2cccnc2)cc1. The highest BCUT2D eigenvalue weighted by atomic mass is 16.5. The van der Waals surface area contributed by atoms with Gasteiger partial charge in [0.05, 0.1) is 6.04 Å². The van der Waals surface area contributed by atoms with Gasteiger partial charge in [-0.3, -0.25) is 9.78 Å². The number of hydrogen-bond donors (Lipinski definition) is 1. The minimum atomic E-state index is -0.149. The molecule has 1 amide bonds. The lowest BCUT2D eigenvalue weighted by atomic mass is 10.2. The molecule has 3 rings (SSSR count). The zero-order valence-electron chi connectivity index (χ0n) is 14.7. The molecule has 2 aromatic heterocycles. The molecule has 8 nitrogen and oxygen atoms in total. The third-order valence-electron chi connectivity index (χ3n) is 3.71. The fourth-order valence-electron chi connectivity index (χ4n) is 2.35. The molecule has 8 heteroatoms. The predicted molar refractivity (Wildman–Crippen MR) is 94.4 cm³/mol. The highest BCUT2D eigenvalue weighted by Crippen LogP contribution is 2.14. The van der Waals surface area contributed by atoms with Crippen molar-refractivity contribution in [3.63, 3.8) is 0 Å². The Morgan fingerprint density at radius 2 is 2.04 bits per heavy atom. The fourth-order valence-corrected chi connectivity index (χ4v) is 2.35. The lowest BCUT2D eigenvalue weighted by Crippen LogP contribution is -2.22. The summed E-state index contributed by atoms with van der Waals surface area (Å²) in [4.78, 5) is 16.2. The molecule has 0 aliphatic rings. The van der Waals surface area contributed by atoms with Crippen LogP contribution >= 0.6 is 0 Å². The number of carbonyl (C=O) groups excluding carboxylic acids is 1. The van der Waals surface area contributed by atoms with Gasteiger partial charge < -0.3 is 10.1 Å². The van der Waals surface area contributed by atoms with E-state index in [4.69, 9.17) is 4.74 Å². The highest BCUT2D eigenvalue weighted by Gasteiger charge is 2.10. The fraction of sp³-hybridized carbons (Fsp3) is 0.278. The van der Waals surface area contributed by atoms with Gasteiger partial charge in [0.25, 0.3) is 5.91 Å². The van der Waals surface area contributed by atoms with Crippen LogP contribution in [0.25, 0.3) is 0 Å². The number of carbonyl (C=O) groups is 1. The summed E-state index contributed by atoms with van der Waals surface area (Å²) in [5.74, 6) is 1.15. The minimum absolute atomic E-state index is 0.149. The Hall–Kier alpha value is -3.29. The second-order valence-electron chi connectivity index (χ2n) is 5.99. The summed E-state index contributed by atoms with van der Waals surface area (Å²) in [6, 6.07) is 10.9. The summed E-state index contributed by atoms with van der Waals surface area (Å²) in [7, 11) is 0. The van der Waals surface area contributed by atoms with E-state index in [2.05, 4.69) is 25.8 Å². The van der Waals surface area contributed by atoms with E-state index >= 15 is 0 Å². The number of amides is 1. The molecule has 26 heavy (non-hydrogen) atoms. The van der Waals surface area contributed by atoms with Crippen molar-refractivity contribution in [3.05, 3.63) is 65.7 Å². The lowest BCUT2D eigenvalue weighted by molar-refractivity contribution is 0.0951. The van der Waals surface area contributed by atoms with Crippen LogP contribution in [0.5, 0.6) is 5.75 Å². The van der Waals surface area contributed by atoms with Crippen LogP contribution in [0.4, 0.5) is 0 Å². The molecule has 1 N–H and O–H groups in total. The molecule has 1 aromatic carbocycles. The molecular weight excluding hydrogens is 332 g/mol. The van der Waals surface area contributed by atoms with Crippen LogP contribution in [0.15, 0.2) is 48.8 Å². The topological polar surface area (TPSA) is 94.8 Å². The van der Waals surface area contributed by atoms with Gasteiger partial charge in [-0.15, -0.1) is 5.10 Å². The van der Waals surface area contributed by atoms with Crippen molar-refractivity contribution >= 4 is 5.91 Å². The average molecular weight is 352 g/mol. The van der Waals surface area contributed by atoms with Crippen molar-refractivity contribution in [1.29, 1.82) is 0 Å². The number of tetrazole rings is 1.